The van der Waals surface area contributed by atoms with Gasteiger partial charge in [-0.3, -0.25) is 15.6 Å². The molecule has 0 fully saturated rings. The number of hydrogen-bond donors (Lipinski definition) is 1. The van der Waals surface area contributed by atoms with Crippen LogP contribution in [0, 0.1) is 0 Å². The van der Waals surface area contributed by atoms with Crippen LogP contribution in [0.1, 0.15) is 23.0 Å². The van der Waals surface area contributed by atoms with Gasteiger partial charge >= 0.3 is 5.97 Å². The topological polar surface area (TPSA) is 92.0 Å². The van der Waals surface area contributed by atoms with Crippen molar-refractivity contribution < 1.29 is 18.7 Å². The lowest BCUT2D eigenvalue weighted by Gasteiger charge is -2.25. The third-order valence-electron chi connectivity index (χ3n) is 3.62. The number of carbonyl (C=O) groups excluding carboxylic acids is 2. The highest BCUT2D eigenvalue weighted by atomic mass is 19.1. The minimum absolute atomic E-state index is 0.0411. The Bertz CT molecular complexity index is 585. The van der Waals surface area contributed by atoms with E-state index in [0.717, 1.165) is 6.54 Å². The van der Waals surface area contributed by atoms with Gasteiger partial charge in [0.05, 0.1) is 24.3 Å². The number of rotatable bonds is 11. The van der Waals surface area contributed by atoms with E-state index < -0.39 is 12.6 Å². The molecule has 0 saturated carbocycles. The summed E-state index contributed by atoms with van der Waals surface area (Å²) in [5.74, 6) is 5.24. The fraction of sp³-hybridized carbons (Fsp3) is 0.588. The Morgan fingerprint density at radius 3 is 2.65 bits per heavy atom. The Morgan fingerprint density at radius 2 is 2.04 bits per heavy atom. The van der Waals surface area contributed by atoms with Crippen molar-refractivity contribution in [2.75, 3.05) is 53.6 Å². The molecule has 0 spiro atoms. The Labute approximate surface area is 153 Å². The molecule has 1 amide bonds. The molecular formula is C17H28FN5O3. The fourth-order valence-corrected chi connectivity index (χ4v) is 2.22. The lowest BCUT2D eigenvalue weighted by atomic mass is 10.2. The molecule has 0 bridgehead atoms. The summed E-state index contributed by atoms with van der Waals surface area (Å²) < 4.78 is 16.8. The molecule has 0 aliphatic heterocycles. The molecule has 1 rings (SSSR count). The predicted octanol–water partition coefficient (Wildman–Crippen LogP) is 0.294. The van der Waals surface area contributed by atoms with Crippen LogP contribution in [-0.2, 0) is 16.1 Å². The van der Waals surface area contributed by atoms with E-state index in [9.17, 15) is 14.0 Å². The summed E-state index contributed by atoms with van der Waals surface area (Å²) in [7, 11) is 3.90. The molecule has 0 aliphatic carbocycles. The maximum absolute atomic E-state index is 12.3. The van der Waals surface area contributed by atoms with E-state index >= 15 is 0 Å². The number of hydrogen-bond acceptors (Lipinski definition) is 7. The summed E-state index contributed by atoms with van der Waals surface area (Å²) in [5.41, 5.74) is 0.788. The highest BCUT2D eigenvalue weighted by Gasteiger charge is 2.16. The number of alkyl halides is 1. The minimum atomic E-state index is -0.732. The Morgan fingerprint density at radius 1 is 1.31 bits per heavy atom. The summed E-state index contributed by atoms with van der Waals surface area (Å²) in [6.45, 7) is 3.15. The molecule has 0 saturated heterocycles. The molecule has 0 aromatic carbocycles. The van der Waals surface area contributed by atoms with Crippen LogP contribution in [0.2, 0.25) is 0 Å². The lowest BCUT2D eigenvalue weighted by Crippen LogP contribution is -2.45. The van der Waals surface area contributed by atoms with E-state index in [2.05, 4.69) is 4.98 Å². The Balaban J connectivity index is 2.60. The van der Waals surface area contributed by atoms with Crippen molar-refractivity contribution in [3.8, 4) is 0 Å². The van der Waals surface area contributed by atoms with Crippen LogP contribution in [0.15, 0.2) is 18.3 Å². The number of amides is 1. The molecule has 0 atom stereocenters. The van der Waals surface area contributed by atoms with Crippen LogP contribution in [0.5, 0.6) is 0 Å². The second kappa shape index (κ2) is 11.5. The van der Waals surface area contributed by atoms with Crippen LogP contribution in [0.3, 0.4) is 0 Å². The molecule has 146 valence electrons. The monoisotopic (exact) mass is 369 g/mol. The first-order valence-corrected chi connectivity index (χ1v) is 8.47. The molecule has 8 nitrogen and oxygen atoms in total. The number of nitrogens with two attached hydrogens (primary N) is 1. The highest BCUT2D eigenvalue weighted by Crippen LogP contribution is 2.06. The molecule has 1 aromatic heterocycles. The molecule has 0 unspecified atom stereocenters. The third-order valence-corrected chi connectivity index (χ3v) is 3.62. The second-order valence-electron chi connectivity index (χ2n) is 6.04. The number of aromatic nitrogens is 1. The quantitative estimate of drug-likeness (QED) is 0.341. The zero-order chi connectivity index (χ0) is 19.5. The van der Waals surface area contributed by atoms with Crippen LogP contribution < -0.4 is 5.84 Å². The van der Waals surface area contributed by atoms with Gasteiger partial charge in [0.2, 0.25) is 5.91 Å². The SMILES string of the molecule is CCN(CCN(C)C)C(=O)CN(N)Cc1cc(C(=O)OCCF)ccn1. The van der Waals surface area contributed by atoms with Gasteiger partial charge in [-0.25, -0.2) is 14.2 Å². The number of carbonyl (C=O) groups is 2. The molecule has 1 heterocycles. The van der Waals surface area contributed by atoms with E-state index in [4.69, 9.17) is 10.6 Å². The predicted molar refractivity (Wildman–Crippen MR) is 95.9 cm³/mol. The van der Waals surface area contributed by atoms with Crippen LogP contribution in [-0.4, -0.2) is 85.2 Å². The van der Waals surface area contributed by atoms with Crippen molar-refractivity contribution in [1.82, 2.24) is 19.8 Å². The van der Waals surface area contributed by atoms with E-state index in [1.165, 1.54) is 23.3 Å². The van der Waals surface area contributed by atoms with Gasteiger partial charge in [-0.05, 0) is 33.2 Å². The maximum Gasteiger partial charge on any atom is 0.338 e. The van der Waals surface area contributed by atoms with Gasteiger partial charge in [0.15, 0.2) is 0 Å². The minimum Gasteiger partial charge on any atom is -0.459 e. The van der Waals surface area contributed by atoms with Gasteiger partial charge in [-0.1, -0.05) is 0 Å². The molecule has 0 radical (unpaired) electrons. The summed E-state index contributed by atoms with van der Waals surface area (Å²) in [5, 5.41) is 1.35. The van der Waals surface area contributed by atoms with Gasteiger partial charge < -0.3 is 14.5 Å². The van der Waals surface area contributed by atoms with Crippen LogP contribution >= 0.6 is 0 Å². The number of nitrogens with zero attached hydrogens (tertiary/aromatic N) is 4. The Hall–Kier alpha value is -2.10. The lowest BCUT2D eigenvalue weighted by molar-refractivity contribution is -0.132. The molecule has 9 heteroatoms. The zero-order valence-electron chi connectivity index (χ0n) is 15.7. The van der Waals surface area contributed by atoms with Gasteiger partial charge in [0, 0.05) is 25.8 Å². The van der Waals surface area contributed by atoms with Crippen molar-refractivity contribution in [3.05, 3.63) is 29.6 Å². The van der Waals surface area contributed by atoms with Crippen molar-refractivity contribution in [2.45, 2.75) is 13.5 Å². The summed E-state index contributed by atoms with van der Waals surface area (Å²) in [6.07, 6.45) is 1.45. The number of ether oxygens (including phenoxy) is 1. The van der Waals surface area contributed by atoms with E-state index in [1.54, 1.807) is 4.90 Å². The van der Waals surface area contributed by atoms with Crippen LogP contribution in [0.25, 0.3) is 0 Å². The second-order valence-corrected chi connectivity index (χ2v) is 6.04. The van der Waals surface area contributed by atoms with Crippen molar-refractivity contribution in [3.63, 3.8) is 0 Å². The van der Waals surface area contributed by atoms with Gasteiger partial charge in [-0.15, -0.1) is 0 Å². The van der Waals surface area contributed by atoms with E-state index in [1.807, 2.05) is 25.9 Å². The molecule has 1 aromatic rings. The van der Waals surface area contributed by atoms with E-state index in [0.29, 0.717) is 18.8 Å². The van der Waals surface area contributed by atoms with Gasteiger partial charge in [0.25, 0.3) is 0 Å². The van der Waals surface area contributed by atoms with Crippen LogP contribution in [0.4, 0.5) is 4.39 Å². The largest absolute Gasteiger partial charge is 0.459 e. The summed E-state index contributed by atoms with van der Waals surface area (Å²) in [4.78, 5) is 32.0. The standard InChI is InChI=1S/C17H28FN5O3/c1-4-22(9-8-21(2)3)16(24)13-23(19)12-15-11-14(5-7-20-15)17(25)26-10-6-18/h5,7,11H,4,6,8-10,12-13,19H2,1-3H3. The first-order valence-electron chi connectivity index (χ1n) is 8.47. The maximum atomic E-state index is 12.3. The molecular weight excluding hydrogens is 341 g/mol. The fourth-order valence-electron chi connectivity index (χ4n) is 2.22. The van der Waals surface area contributed by atoms with Gasteiger partial charge in [0.1, 0.15) is 13.3 Å². The molecule has 0 aliphatic rings. The first-order chi connectivity index (χ1) is 12.4. The molecule has 2 N–H and O–H groups in total. The summed E-state index contributed by atoms with van der Waals surface area (Å²) >= 11 is 0. The Kier molecular flexibility index (Phi) is 9.71. The average molecular weight is 369 g/mol. The number of pyridine rings is 1. The third kappa shape index (κ3) is 7.85. The normalized spacial score (nSPS) is 11.0. The number of esters is 1. The highest BCUT2D eigenvalue weighted by molar-refractivity contribution is 5.89. The number of likely N-dealkylation sites (N-methyl/N-ethyl adjacent to an activating group) is 2. The zero-order valence-corrected chi connectivity index (χ0v) is 15.7. The van der Waals surface area contributed by atoms with E-state index in [-0.39, 0.29) is 31.2 Å². The van der Waals surface area contributed by atoms with Crippen molar-refractivity contribution >= 4 is 11.9 Å². The van der Waals surface area contributed by atoms with Gasteiger partial charge in [-0.2, -0.15) is 0 Å². The molecule has 26 heavy (non-hydrogen) atoms. The van der Waals surface area contributed by atoms with Crippen molar-refractivity contribution in [2.24, 2.45) is 5.84 Å². The number of halogens is 1. The number of hydrazine groups is 1. The summed E-state index contributed by atoms with van der Waals surface area (Å²) in [6, 6.07) is 3.00. The first kappa shape index (κ1) is 21.9. The average Bonchev–Trinajstić information content (AvgIpc) is 2.59. The smallest absolute Gasteiger partial charge is 0.338 e. The van der Waals surface area contributed by atoms with Crippen molar-refractivity contribution in [1.29, 1.82) is 0 Å².